The average Bonchev–Trinajstić information content (AvgIpc) is 3.02. The Morgan fingerprint density at radius 3 is 2.70 bits per heavy atom. The zero-order chi connectivity index (χ0) is 19.0. The lowest BCUT2D eigenvalue weighted by Crippen LogP contribution is -2.47. The first-order chi connectivity index (χ1) is 12.9. The number of ether oxygens (including phenoxy) is 1. The van der Waals surface area contributed by atoms with Crippen LogP contribution in [0, 0.1) is 12.3 Å². The van der Waals surface area contributed by atoms with E-state index in [1.165, 1.54) is 5.56 Å². The molecule has 0 aliphatic heterocycles. The first-order valence-corrected chi connectivity index (χ1v) is 9.22. The van der Waals surface area contributed by atoms with Crippen molar-refractivity contribution in [1.29, 1.82) is 0 Å². The number of amides is 1. The Kier molecular flexibility index (Phi) is 4.40. The lowest BCUT2D eigenvalue weighted by Gasteiger charge is -2.40. The normalized spacial score (nSPS) is 21.7. The van der Waals surface area contributed by atoms with Gasteiger partial charge in [-0.2, -0.15) is 0 Å². The number of hydrogen-bond acceptors (Lipinski definition) is 3. The van der Waals surface area contributed by atoms with Crippen LogP contribution in [0.5, 0.6) is 5.75 Å². The summed E-state index contributed by atoms with van der Waals surface area (Å²) in [6.07, 6.45) is 2.44. The van der Waals surface area contributed by atoms with Gasteiger partial charge in [0.25, 0.3) is 0 Å². The zero-order valence-electron chi connectivity index (χ0n) is 15.6. The second-order valence-corrected chi connectivity index (χ2v) is 7.76. The summed E-state index contributed by atoms with van der Waals surface area (Å²) < 4.78 is 5.92. The fourth-order valence-corrected chi connectivity index (χ4v) is 3.58. The van der Waals surface area contributed by atoms with Crippen LogP contribution in [0.1, 0.15) is 30.9 Å². The van der Waals surface area contributed by atoms with Crippen molar-refractivity contribution < 1.29 is 14.6 Å². The van der Waals surface area contributed by atoms with Crippen LogP contribution in [-0.4, -0.2) is 22.1 Å². The molecule has 1 aromatic heterocycles. The summed E-state index contributed by atoms with van der Waals surface area (Å²) in [5.41, 5.74) is 3.51. The number of fused-ring (bicyclic) bond motifs is 1. The molecule has 5 heteroatoms. The first-order valence-electron chi connectivity index (χ1n) is 9.22. The molecule has 0 atom stereocenters. The molecule has 0 bridgehead atoms. The molecule has 3 aromatic rings. The summed E-state index contributed by atoms with van der Waals surface area (Å²) in [6.45, 7) is 4.44. The van der Waals surface area contributed by atoms with Gasteiger partial charge in [0.1, 0.15) is 12.4 Å². The summed E-state index contributed by atoms with van der Waals surface area (Å²) in [5.74, 6) is 0.697. The Balaban J connectivity index is 1.49. The van der Waals surface area contributed by atoms with Gasteiger partial charge in [0.05, 0.1) is 17.2 Å². The molecule has 1 aliphatic carbocycles. The van der Waals surface area contributed by atoms with E-state index in [2.05, 4.69) is 41.5 Å². The number of aromatic nitrogens is 1. The largest absolute Gasteiger partial charge is 0.489 e. The maximum absolute atomic E-state index is 12.6. The summed E-state index contributed by atoms with van der Waals surface area (Å²) >= 11 is 0. The van der Waals surface area contributed by atoms with Crippen molar-refractivity contribution in [2.75, 3.05) is 5.32 Å². The number of benzene rings is 2. The number of carbonyl (C=O) groups is 1. The highest BCUT2D eigenvalue weighted by Crippen LogP contribution is 2.42. The van der Waals surface area contributed by atoms with Crippen molar-refractivity contribution in [1.82, 2.24) is 4.98 Å². The first kappa shape index (κ1) is 17.6. The molecule has 3 N–H and O–H groups in total. The third-order valence-electron chi connectivity index (χ3n) is 5.35. The molecule has 0 saturated heterocycles. The van der Waals surface area contributed by atoms with Gasteiger partial charge in [0.2, 0.25) is 5.91 Å². The number of aryl methyl sites for hydroxylation is 1. The second kappa shape index (κ2) is 6.74. The Labute approximate surface area is 158 Å². The Morgan fingerprint density at radius 1 is 1.26 bits per heavy atom. The number of aromatic amines is 1. The highest BCUT2D eigenvalue weighted by atomic mass is 16.5. The van der Waals surface area contributed by atoms with Gasteiger partial charge in [-0.1, -0.05) is 36.8 Å². The number of rotatable bonds is 5. The monoisotopic (exact) mass is 364 g/mol. The van der Waals surface area contributed by atoms with Gasteiger partial charge in [-0.05, 0) is 43.5 Å². The molecule has 27 heavy (non-hydrogen) atoms. The molecule has 0 unspecified atom stereocenters. The van der Waals surface area contributed by atoms with E-state index in [-0.39, 0.29) is 12.0 Å². The van der Waals surface area contributed by atoms with Crippen molar-refractivity contribution in [2.45, 2.75) is 39.4 Å². The SMILES string of the molecule is Cc1ccc(COc2ccc3[nH]cc(NC(=O)[C@]4(C)C[C@@H](O)C4)c3c2)cc1. The van der Waals surface area contributed by atoms with Crippen LogP contribution in [0.2, 0.25) is 0 Å². The molecule has 140 valence electrons. The fourth-order valence-electron chi connectivity index (χ4n) is 3.58. The molecule has 5 nitrogen and oxygen atoms in total. The van der Waals surface area contributed by atoms with Crippen LogP contribution in [0.4, 0.5) is 5.69 Å². The van der Waals surface area contributed by atoms with Gasteiger partial charge in [0.15, 0.2) is 0 Å². The number of carbonyl (C=O) groups excluding carboxylic acids is 1. The molecule has 1 fully saturated rings. The summed E-state index contributed by atoms with van der Waals surface area (Å²) in [7, 11) is 0. The van der Waals surface area contributed by atoms with Gasteiger partial charge >= 0.3 is 0 Å². The van der Waals surface area contributed by atoms with E-state index in [0.29, 0.717) is 19.4 Å². The highest BCUT2D eigenvalue weighted by molar-refractivity contribution is 6.04. The average molecular weight is 364 g/mol. The molecule has 4 rings (SSSR count). The molecular weight excluding hydrogens is 340 g/mol. The molecule has 0 spiro atoms. The van der Waals surface area contributed by atoms with Crippen molar-refractivity contribution in [3.63, 3.8) is 0 Å². The van der Waals surface area contributed by atoms with Crippen LogP contribution in [-0.2, 0) is 11.4 Å². The van der Waals surface area contributed by atoms with Crippen LogP contribution in [0.25, 0.3) is 10.9 Å². The van der Waals surface area contributed by atoms with Gasteiger partial charge in [0, 0.05) is 17.1 Å². The van der Waals surface area contributed by atoms with E-state index in [1.54, 1.807) is 6.20 Å². The van der Waals surface area contributed by atoms with E-state index >= 15 is 0 Å². The lowest BCUT2D eigenvalue weighted by molar-refractivity contribution is -0.136. The molecule has 1 heterocycles. The molecular formula is C22H24N2O3. The zero-order valence-corrected chi connectivity index (χ0v) is 15.6. The number of nitrogens with one attached hydrogen (secondary N) is 2. The Hall–Kier alpha value is -2.79. The summed E-state index contributed by atoms with van der Waals surface area (Å²) in [5, 5.41) is 13.4. The minimum absolute atomic E-state index is 0.0559. The van der Waals surface area contributed by atoms with E-state index in [0.717, 1.165) is 27.9 Å². The van der Waals surface area contributed by atoms with Crippen LogP contribution in [0.3, 0.4) is 0 Å². The maximum Gasteiger partial charge on any atom is 0.230 e. The van der Waals surface area contributed by atoms with E-state index in [4.69, 9.17) is 4.74 Å². The predicted molar refractivity (Wildman–Crippen MR) is 106 cm³/mol. The van der Waals surface area contributed by atoms with Gasteiger partial charge < -0.3 is 20.1 Å². The predicted octanol–water partition coefficient (Wildman–Crippen LogP) is 4.15. The van der Waals surface area contributed by atoms with Gasteiger partial charge in [-0.3, -0.25) is 4.79 Å². The molecule has 1 saturated carbocycles. The second-order valence-electron chi connectivity index (χ2n) is 7.76. The lowest BCUT2D eigenvalue weighted by atomic mass is 9.67. The van der Waals surface area contributed by atoms with E-state index in [9.17, 15) is 9.90 Å². The van der Waals surface area contributed by atoms with Crippen molar-refractivity contribution in [3.8, 4) is 5.75 Å². The molecule has 0 radical (unpaired) electrons. The highest BCUT2D eigenvalue weighted by Gasteiger charge is 2.45. The van der Waals surface area contributed by atoms with E-state index in [1.807, 2.05) is 25.1 Å². The number of anilines is 1. The van der Waals surface area contributed by atoms with Crippen LogP contribution >= 0.6 is 0 Å². The molecule has 1 aliphatic rings. The fraction of sp³-hybridized carbons (Fsp3) is 0.318. The summed E-state index contributed by atoms with van der Waals surface area (Å²) in [6, 6.07) is 14.1. The Bertz CT molecular complexity index is 969. The minimum Gasteiger partial charge on any atom is -0.489 e. The molecule has 1 amide bonds. The molecule has 2 aromatic carbocycles. The third kappa shape index (κ3) is 3.55. The number of hydrogen-bond donors (Lipinski definition) is 3. The van der Waals surface area contributed by atoms with Crippen molar-refractivity contribution >= 4 is 22.5 Å². The number of aliphatic hydroxyl groups is 1. The number of H-pyrrole nitrogens is 1. The standard InChI is InChI=1S/C22H24N2O3/c1-14-3-5-15(6-4-14)13-27-17-7-8-19-18(9-17)20(12-23-19)24-21(26)22(2)10-16(25)11-22/h3-9,12,16,23,25H,10-11,13H2,1-2H3,(H,24,26)/t16-,22-. The van der Waals surface area contributed by atoms with Crippen molar-refractivity contribution in [3.05, 3.63) is 59.8 Å². The van der Waals surface area contributed by atoms with Crippen LogP contribution < -0.4 is 10.1 Å². The van der Waals surface area contributed by atoms with Gasteiger partial charge in [-0.15, -0.1) is 0 Å². The van der Waals surface area contributed by atoms with E-state index < -0.39 is 5.41 Å². The van der Waals surface area contributed by atoms with Crippen molar-refractivity contribution in [2.24, 2.45) is 5.41 Å². The number of aliphatic hydroxyl groups excluding tert-OH is 1. The summed E-state index contributed by atoms with van der Waals surface area (Å²) in [4.78, 5) is 15.7. The maximum atomic E-state index is 12.6. The third-order valence-corrected chi connectivity index (χ3v) is 5.35. The quantitative estimate of drug-likeness (QED) is 0.636. The topological polar surface area (TPSA) is 74.3 Å². The van der Waals surface area contributed by atoms with Crippen LogP contribution in [0.15, 0.2) is 48.7 Å². The van der Waals surface area contributed by atoms with Gasteiger partial charge in [-0.25, -0.2) is 0 Å². The Morgan fingerprint density at radius 2 is 2.00 bits per heavy atom. The smallest absolute Gasteiger partial charge is 0.230 e. The minimum atomic E-state index is -0.497.